The molecule has 1 fully saturated rings. The number of hydrogen-bond donors (Lipinski definition) is 0. The summed E-state index contributed by atoms with van der Waals surface area (Å²) in [5, 5.41) is 0. The molecule has 1 aliphatic heterocycles. The summed E-state index contributed by atoms with van der Waals surface area (Å²) >= 11 is 0. The highest BCUT2D eigenvalue weighted by atomic mass is 16.5. The summed E-state index contributed by atoms with van der Waals surface area (Å²) < 4.78 is 5.42. The van der Waals surface area contributed by atoms with E-state index in [9.17, 15) is 0 Å². The van der Waals surface area contributed by atoms with Crippen LogP contribution in [-0.4, -0.2) is 12.7 Å². The van der Waals surface area contributed by atoms with E-state index in [1.807, 2.05) is 6.08 Å². The van der Waals surface area contributed by atoms with Crippen molar-refractivity contribution in [1.29, 1.82) is 0 Å². The molecule has 0 spiro atoms. The summed E-state index contributed by atoms with van der Waals surface area (Å²) in [7, 11) is 0. The average molecular weight is 126 g/mol. The maximum absolute atomic E-state index is 5.42. The number of hydrogen-bond acceptors (Lipinski definition) is 1. The van der Waals surface area contributed by atoms with Gasteiger partial charge < -0.3 is 4.74 Å². The second kappa shape index (κ2) is 3.02. The Bertz CT molecular complexity index is 90.7. The van der Waals surface area contributed by atoms with Crippen molar-refractivity contribution in [3.63, 3.8) is 0 Å². The van der Waals surface area contributed by atoms with E-state index < -0.39 is 0 Å². The van der Waals surface area contributed by atoms with Crippen molar-refractivity contribution in [2.24, 2.45) is 5.92 Å². The second-order valence-corrected chi connectivity index (χ2v) is 2.79. The van der Waals surface area contributed by atoms with Gasteiger partial charge in [-0.2, -0.15) is 0 Å². The first-order valence-electron chi connectivity index (χ1n) is 3.57. The lowest BCUT2D eigenvalue weighted by molar-refractivity contribution is 0.0167. The van der Waals surface area contributed by atoms with Gasteiger partial charge in [-0.1, -0.05) is 13.0 Å². The Morgan fingerprint density at radius 2 is 2.33 bits per heavy atom. The Morgan fingerprint density at radius 3 is 2.78 bits per heavy atom. The van der Waals surface area contributed by atoms with E-state index in [0.29, 0.717) is 6.10 Å². The van der Waals surface area contributed by atoms with E-state index in [1.165, 1.54) is 6.42 Å². The van der Waals surface area contributed by atoms with Crippen molar-refractivity contribution in [1.82, 2.24) is 0 Å². The van der Waals surface area contributed by atoms with Gasteiger partial charge in [0.1, 0.15) is 0 Å². The van der Waals surface area contributed by atoms with Crippen LogP contribution in [-0.2, 0) is 4.74 Å². The van der Waals surface area contributed by atoms with Gasteiger partial charge in [0.2, 0.25) is 0 Å². The van der Waals surface area contributed by atoms with Crippen molar-refractivity contribution in [3.05, 3.63) is 12.7 Å². The second-order valence-electron chi connectivity index (χ2n) is 2.79. The number of rotatable bonds is 1. The van der Waals surface area contributed by atoms with Gasteiger partial charge in [-0.15, -0.1) is 6.58 Å². The van der Waals surface area contributed by atoms with Gasteiger partial charge in [0, 0.05) is 6.61 Å². The van der Waals surface area contributed by atoms with Crippen molar-refractivity contribution >= 4 is 0 Å². The molecular formula is C8H14O. The minimum absolute atomic E-state index is 0.334. The van der Waals surface area contributed by atoms with Crippen LogP contribution in [0.25, 0.3) is 0 Å². The molecule has 0 N–H and O–H groups in total. The van der Waals surface area contributed by atoms with Crippen LogP contribution in [0.2, 0.25) is 0 Å². The Morgan fingerprint density at radius 1 is 1.56 bits per heavy atom. The third-order valence-electron chi connectivity index (χ3n) is 1.80. The fourth-order valence-electron chi connectivity index (χ4n) is 1.09. The molecule has 0 aromatic carbocycles. The van der Waals surface area contributed by atoms with E-state index in [0.717, 1.165) is 18.9 Å². The van der Waals surface area contributed by atoms with Crippen molar-refractivity contribution in [2.75, 3.05) is 6.61 Å². The van der Waals surface area contributed by atoms with E-state index in [2.05, 4.69) is 13.5 Å². The van der Waals surface area contributed by atoms with E-state index in [4.69, 9.17) is 4.74 Å². The molecule has 1 aliphatic rings. The quantitative estimate of drug-likeness (QED) is 0.488. The molecule has 9 heavy (non-hydrogen) atoms. The highest BCUT2D eigenvalue weighted by Crippen LogP contribution is 2.18. The summed E-state index contributed by atoms with van der Waals surface area (Å²) in [5.74, 6) is 0.751. The fraction of sp³-hybridized carbons (Fsp3) is 0.750. The summed E-state index contributed by atoms with van der Waals surface area (Å²) in [6.07, 6.45) is 4.67. The summed E-state index contributed by atoms with van der Waals surface area (Å²) in [6.45, 7) is 6.82. The first kappa shape index (κ1) is 6.81. The Hall–Kier alpha value is -0.300. The minimum Gasteiger partial charge on any atom is -0.374 e. The standard InChI is InChI=1S/C8H14O/c1-3-8-5-4-7(2)6-9-8/h3,7-8H,1,4-6H2,2H3/t7-,8-/m1/s1. The van der Waals surface area contributed by atoms with Crippen LogP contribution in [0, 0.1) is 5.92 Å². The molecule has 0 aromatic rings. The van der Waals surface area contributed by atoms with E-state index >= 15 is 0 Å². The Balaban J connectivity index is 2.26. The average Bonchev–Trinajstić information content (AvgIpc) is 1.90. The van der Waals surface area contributed by atoms with Crippen LogP contribution >= 0.6 is 0 Å². The van der Waals surface area contributed by atoms with E-state index in [1.54, 1.807) is 0 Å². The molecule has 0 radical (unpaired) electrons. The predicted molar refractivity (Wildman–Crippen MR) is 38.3 cm³/mol. The van der Waals surface area contributed by atoms with E-state index in [-0.39, 0.29) is 0 Å². The Kier molecular flexibility index (Phi) is 2.29. The summed E-state index contributed by atoms with van der Waals surface area (Å²) in [4.78, 5) is 0. The van der Waals surface area contributed by atoms with Crippen LogP contribution in [0.3, 0.4) is 0 Å². The molecule has 1 nitrogen and oxygen atoms in total. The van der Waals surface area contributed by atoms with Gasteiger partial charge in [-0.25, -0.2) is 0 Å². The van der Waals surface area contributed by atoms with Gasteiger partial charge in [0.25, 0.3) is 0 Å². The molecule has 1 heteroatoms. The molecule has 0 aromatic heterocycles. The van der Waals surface area contributed by atoms with Crippen molar-refractivity contribution in [2.45, 2.75) is 25.9 Å². The van der Waals surface area contributed by atoms with Crippen LogP contribution in [0.4, 0.5) is 0 Å². The van der Waals surface area contributed by atoms with Gasteiger partial charge in [-0.3, -0.25) is 0 Å². The fourth-order valence-corrected chi connectivity index (χ4v) is 1.09. The molecule has 0 aliphatic carbocycles. The molecule has 2 atom stereocenters. The molecule has 52 valence electrons. The van der Waals surface area contributed by atoms with Crippen LogP contribution in [0.1, 0.15) is 19.8 Å². The largest absolute Gasteiger partial charge is 0.374 e. The minimum atomic E-state index is 0.334. The molecule has 1 rings (SSSR count). The smallest absolute Gasteiger partial charge is 0.0753 e. The lowest BCUT2D eigenvalue weighted by Gasteiger charge is -2.24. The maximum atomic E-state index is 5.42. The normalized spacial score (nSPS) is 36.1. The first-order valence-corrected chi connectivity index (χ1v) is 3.57. The van der Waals surface area contributed by atoms with Gasteiger partial charge in [0.15, 0.2) is 0 Å². The summed E-state index contributed by atoms with van der Waals surface area (Å²) in [5.41, 5.74) is 0. The predicted octanol–water partition coefficient (Wildman–Crippen LogP) is 1.99. The molecular weight excluding hydrogens is 112 g/mol. The maximum Gasteiger partial charge on any atom is 0.0753 e. The number of ether oxygens (including phenoxy) is 1. The topological polar surface area (TPSA) is 9.23 Å². The van der Waals surface area contributed by atoms with Gasteiger partial charge >= 0.3 is 0 Å². The zero-order valence-corrected chi connectivity index (χ0v) is 5.97. The lowest BCUT2D eigenvalue weighted by Crippen LogP contribution is -2.22. The van der Waals surface area contributed by atoms with Crippen molar-refractivity contribution in [3.8, 4) is 0 Å². The van der Waals surface area contributed by atoms with Gasteiger partial charge in [-0.05, 0) is 18.8 Å². The zero-order chi connectivity index (χ0) is 6.69. The van der Waals surface area contributed by atoms with Crippen LogP contribution in [0.5, 0.6) is 0 Å². The SMILES string of the molecule is C=C[C@@H]1CC[C@@H](C)CO1. The molecule has 0 saturated carbocycles. The summed E-state index contributed by atoms with van der Waals surface area (Å²) in [6, 6.07) is 0. The zero-order valence-electron chi connectivity index (χ0n) is 5.97. The molecule has 1 heterocycles. The highest BCUT2D eigenvalue weighted by Gasteiger charge is 2.14. The molecule has 0 unspecified atom stereocenters. The Labute approximate surface area is 56.7 Å². The monoisotopic (exact) mass is 126 g/mol. The lowest BCUT2D eigenvalue weighted by atomic mass is 10.0. The molecule has 0 bridgehead atoms. The van der Waals surface area contributed by atoms with Gasteiger partial charge in [0.05, 0.1) is 6.10 Å². The van der Waals surface area contributed by atoms with Crippen LogP contribution in [0.15, 0.2) is 12.7 Å². The third kappa shape index (κ3) is 1.83. The van der Waals surface area contributed by atoms with Crippen LogP contribution < -0.4 is 0 Å². The van der Waals surface area contributed by atoms with Crippen molar-refractivity contribution < 1.29 is 4.74 Å². The molecule has 0 amide bonds. The first-order chi connectivity index (χ1) is 4.33. The highest BCUT2D eigenvalue weighted by molar-refractivity contribution is 4.82. The molecule has 1 saturated heterocycles. The third-order valence-corrected chi connectivity index (χ3v) is 1.80.